The molecule has 0 heterocycles. The zero-order valence-corrected chi connectivity index (χ0v) is 7.02. The van der Waals surface area contributed by atoms with E-state index in [1.165, 1.54) is 5.57 Å². The van der Waals surface area contributed by atoms with Gasteiger partial charge in [-0.1, -0.05) is 18.6 Å². The highest BCUT2D eigenvalue weighted by Gasteiger charge is 1.83. The first-order valence-corrected chi connectivity index (χ1v) is 3.51. The van der Waals surface area contributed by atoms with Crippen LogP contribution in [-0.2, 0) is 0 Å². The third-order valence-electron chi connectivity index (χ3n) is 1.17. The van der Waals surface area contributed by atoms with Crippen LogP contribution in [0, 0.1) is 0 Å². The molecule has 0 fully saturated rings. The molecule has 0 radical (unpaired) electrons. The maximum atomic E-state index is 3.84. The lowest BCUT2D eigenvalue weighted by atomic mass is 10.2. The Morgan fingerprint density at radius 3 is 2.30 bits per heavy atom. The third-order valence-corrected chi connectivity index (χ3v) is 1.17. The van der Waals surface area contributed by atoms with Crippen molar-refractivity contribution in [3.8, 4) is 0 Å². The molecule has 0 spiro atoms. The van der Waals surface area contributed by atoms with Crippen LogP contribution in [-0.4, -0.2) is 6.72 Å². The summed E-state index contributed by atoms with van der Waals surface area (Å²) in [4.78, 5) is 3.84. The Bertz CT molecular complexity index is 160. The molecule has 0 rings (SSSR count). The van der Waals surface area contributed by atoms with Crippen LogP contribution in [0.4, 0.5) is 0 Å². The van der Waals surface area contributed by atoms with Gasteiger partial charge in [-0.3, -0.25) is 4.99 Å². The highest BCUT2D eigenvalue weighted by Crippen LogP contribution is 2.02. The molecule has 0 aromatic carbocycles. The molecule has 1 heteroatoms. The second kappa shape index (κ2) is 4.98. The van der Waals surface area contributed by atoms with E-state index in [0.717, 1.165) is 12.1 Å². The fourth-order valence-corrected chi connectivity index (χ4v) is 0.545. The lowest BCUT2D eigenvalue weighted by Gasteiger charge is -1.91. The lowest BCUT2D eigenvalue weighted by Crippen LogP contribution is -1.71. The Balaban J connectivity index is 4.12. The minimum atomic E-state index is 0.952. The van der Waals surface area contributed by atoms with Crippen molar-refractivity contribution in [3.05, 3.63) is 23.4 Å². The smallest absolute Gasteiger partial charge is 0.0393 e. The van der Waals surface area contributed by atoms with Gasteiger partial charge in [-0.05, 0) is 33.1 Å². The summed E-state index contributed by atoms with van der Waals surface area (Å²) in [6.45, 7) is 9.66. The topological polar surface area (TPSA) is 12.4 Å². The fourth-order valence-electron chi connectivity index (χ4n) is 0.545. The van der Waals surface area contributed by atoms with E-state index in [2.05, 4.69) is 32.5 Å². The SMILES string of the molecule is C=N/C(=C\C=C(C)C)CC. The van der Waals surface area contributed by atoms with Crippen LogP contribution in [0.5, 0.6) is 0 Å². The van der Waals surface area contributed by atoms with Crippen LogP contribution in [0.15, 0.2) is 28.4 Å². The minimum absolute atomic E-state index is 0.952. The van der Waals surface area contributed by atoms with E-state index in [-0.39, 0.29) is 0 Å². The number of rotatable bonds is 3. The summed E-state index contributed by atoms with van der Waals surface area (Å²) in [6.07, 6.45) is 5.00. The summed E-state index contributed by atoms with van der Waals surface area (Å²) < 4.78 is 0. The quantitative estimate of drug-likeness (QED) is 0.419. The van der Waals surface area contributed by atoms with Crippen LogP contribution in [0.1, 0.15) is 27.2 Å². The molecule has 0 aliphatic heterocycles. The van der Waals surface area contributed by atoms with Gasteiger partial charge in [0.05, 0.1) is 0 Å². The molecule has 0 amide bonds. The molecule has 0 atom stereocenters. The predicted molar refractivity (Wildman–Crippen MR) is 47.4 cm³/mol. The van der Waals surface area contributed by atoms with Crippen molar-refractivity contribution >= 4 is 6.72 Å². The number of hydrogen-bond acceptors (Lipinski definition) is 1. The average Bonchev–Trinajstić information content (AvgIpc) is 1.90. The predicted octanol–water partition coefficient (Wildman–Crippen LogP) is 2.95. The molecule has 0 saturated carbocycles. The van der Waals surface area contributed by atoms with Crippen LogP contribution in [0.25, 0.3) is 0 Å². The zero-order chi connectivity index (χ0) is 7.98. The van der Waals surface area contributed by atoms with Crippen LogP contribution in [0.3, 0.4) is 0 Å². The zero-order valence-electron chi connectivity index (χ0n) is 7.02. The highest BCUT2D eigenvalue weighted by molar-refractivity contribution is 5.30. The molecule has 0 bridgehead atoms. The van der Waals surface area contributed by atoms with Crippen LogP contribution >= 0.6 is 0 Å². The van der Waals surface area contributed by atoms with Gasteiger partial charge >= 0.3 is 0 Å². The number of allylic oxidation sites excluding steroid dienone is 4. The summed E-state index contributed by atoms with van der Waals surface area (Å²) in [5, 5.41) is 0. The van der Waals surface area contributed by atoms with Gasteiger partial charge in [-0.2, -0.15) is 0 Å². The molecule has 0 N–H and O–H groups in total. The van der Waals surface area contributed by atoms with Gasteiger partial charge in [0.15, 0.2) is 0 Å². The second-order valence-corrected chi connectivity index (χ2v) is 2.41. The summed E-state index contributed by atoms with van der Waals surface area (Å²) in [7, 11) is 0. The van der Waals surface area contributed by atoms with Crippen molar-refractivity contribution in [1.29, 1.82) is 0 Å². The molecular formula is C9H15N. The molecule has 1 nitrogen and oxygen atoms in total. The first-order valence-electron chi connectivity index (χ1n) is 3.51. The molecule has 10 heavy (non-hydrogen) atoms. The fraction of sp³-hybridized carbons (Fsp3) is 0.444. The molecule has 0 unspecified atom stereocenters. The molecular weight excluding hydrogens is 122 g/mol. The first-order chi connectivity index (χ1) is 4.70. The second-order valence-electron chi connectivity index (χ2n) is 2.41. The summed E-state index contributed by atoms with van der Waals surface area (Å²) >= 11 is 0. The van der Waals surface area contributed by atoms with E-state index < -0.39 is 0 Å². The van der Waals surface area contributed by atoms with Crippen molar-refractivity contribution in [2.45, 2.75) is 27.2 Å². The number of aliphatic imine (C=N–C) groups is 1. The van der Waals surface area contributed by atoms with Gasteiger partial charge in [0.1, 0.15) is 0 Å². The van der Waals surface area contributed by atoms with Gasteiger partial charge in [-0.15, -0.1) is 0 Å². The Morgan fingerprint density at radius 2 is 2.00 bits per heavy atom. The molecule has 0 aliphatic rings. The number of hydrogen-bond donors (Lipinski definition) is 0. The van der Waals surface area contributed by atoms with Crippen molar-refractivity contribution in [2.75, 3.05) is 0 Å². The largest absolute Gasteiger partial charge is 0.269 e. The normalized spacial score (nSPS) is 10.9. The van der Waals surface area contributed by atoms with E-state index in [0.29, 0.717) is 0 Å². The summed E-state index contributed by atoms with van der Waals surface area (Å²) in [5.74, 6) is 0. The maximum absolute atomic E-state index is 3.84. The van der Waals surface area contributed by atoms with E-state index in [9.17, 15) is 0 Å². The van der Waals surface area contributed by atoms with Crippen molar-refractivity contribution in [2.24, 2.45) is 4.99 Å². The van der Waals surface area contributed by atoms with Crippen molar-refractivity contribution in [1.82, 2.24) is 0 Å². The van der Waals surface area contributed by atoms with Gasteiger partial charge in [0, 0.05) is 5.70 Å². The number of nitrogens with zero attached hydrogens (tertiary/aromatic N) is 1. The Labute approximate surface area is 63.2 Å². The van der Waals surface area contributed by atoms with Gasteiger partial charge < -0.3 is 0 Å². The molecule has 0 aromatic rings. The van der Waals surface area contributed by atoms with Crippen LogP contribution < -0.4 is 0 Å². The molecule has 56 valence electrons. The van der Waals surface area contributed by atoms with E-state index >= 15 is 0 Å². The molecule has 0 aliphatic carbocycles. The van der Waals surface area contributed by atoms with E-state index in [4.69, 9.17) is 0 Å². The lowest BCUT2D eigenvalue weighted by molar-refractivity contribution is 1.07. The van der Waals surface area contributed by atoms with E-state index in [1.807, 2.05) is 12.2 Å². The Hall–Kier alpha value is -0.850. The average molecular weight is 137 g/mol. The van der Waals surface area contributed by atoms with Gasteiger partial charge in [-0.25, -0.2) is 0 Å². The van der Waals surface area contributed by atoms with Gasteiger partial charge in [0.2, 0.25) is 0 Å². The summed E-state index contributed by atoms with van der Waals surface area (Å²) in [5.41, 5.74) is 2.33. The third kappa shape index (κ3) is 4.07. The van der Waals surface area contributed by atoms with Crippen molar-refractivity contribution in [3.63, 3.8) is 0 Å². The Kier molecular flexibility index (Phi) is 4.55. The van der Waals surface area contributed by atoms with Gasteiger partial charge in [0.25, 0.3) is 0 Å². The maximum Gasteiger partial charge on any atom is 0.0393 e. The highest BCUT2D eigenvalue weighted by atomic mass is 14.7. The molecule has 0 saturated heterocycles. The summed E-state index contributed by atoms with van der Waals surface area (Å²) in [6, 6.07) is 0. The van der Waals surface area contributed by atoms with Crippen LogP contribution in [0.2, 0.25) is 0 Å². The monoisotopic (exact) mass is 137 g/mol. The molecule has 0 aromatic heterocycles. The van der Waals surface area contributed by atoms with Crippen molar-refractivity contribution < 1.29 is 0 Å². The Morgan fingerprint density at radius 1 is 1.40 bits per heavy atom. The first kappa shape index (κ1) is 9.15. The minimum Gasteiger partial charge on any atom is -0.269 e. The standard InChI is InChI=1S/C9H15N/c1-5-9(10-4)7-6-8(2)3/h6-7H,4-5H2,1-3H3/b9-7-. The van der Waals surface area contributed by atoms with E-state index in [1.54, 1.807) is 0 Å².